The summed E-state index contributed by atoms with van der Waals surface area (Å²) in [5.41, 5.74) is 0.691. The Morgan fingerprint density at radius 2 is 1.28 bits per heavy atom. The van der Waals surface area contributed by atoms with Gasteiger partial charge >= 0.3 is 5.97 Å². The summed E-state index contributed by atoms with van der Waals surface area (Å²) in [6.45, 7) is 0. The minimum Gasteiger partial charge on any atom is -0.421 e. The molecule has 2 N–H and O–H groups in total. The lowest BCUT2D eigenvalue weighted by atomic mass is 10.1. The summed E-state index contributed by atoms with van der Waals surface area (Å²) in [6.07, 6.45) is 0. The number of anilines is 1. The third kappa shape index (κ3) is 4.36. The molecule has 0 atom stereocenters. The third-order valence-corrected chi connectivity index (χ3v) is 5.63. The molecule has 0 radical (unpaired) electrons. The van der Waals surface area contributed by atoms with Gasteiger partial charge < -0.3 is 10.1 Å². The van der Waals surface area contributed by atoms with Crippen molar-refractivity contribution in [2.75, 3.05) is 5.32 Å². The number of carbonyl (C=O) groups is 2. The molecule has 0 aliphatic rings. The number of nitrogens with one attached hydrogen (secondary N) is 1. The standard InChI is InChI=1S/C24H17NO6S/c26-23(16-9-3-1-4-10-16)25-22-19-14-8-7-13-18(19)21(32(28,29)30)15-20(22)31-24(27)17-11-5-2-6-12-17/h1-15H,(H,25,26)(H,28,29,30). The first-order valence-electron chi connectivity index (χ1n) is 9.51. The number of carbonyl (C=O) groups excluding carboxylic acids is 2. The second-order valence-corrected chi connectivity index (χ2v) is 8.23. The first-order valence-corrected chi connectivity index (χ1v) is 11.0. The molecule has 4 aromatic rings. The molecule has 1 amide bonds. The van der Waals surface area contributed by atoms with Crippen molar-refractivity contribution in [2.45, 2.75) is 4.90 Å². The van der Waals surface area contributed by atoms with Gasteiger partial charge in [0.25, 0.3) is 16.0 Å². The van der Waals surface area contributed by atoms with Gasteiger partial charge in [0.05, 0.1) is 11.3 Å². The quantitative estimate of drug-likeness (QED) is 0.264. The van der Waals surface area contributed by atoms with Crippen LogP contribution in [0.25, 0.3) is 10.8 Å². The largest absolute Gasteiger partial charge is 0.421 e. The molecule has 0 fully saturated rings. The topological polar surface area (TPSA) is 110 Å². The zero-order valence-corrected chi connectivity index (χ0v) is 17.4. The van der Waals surface area contributed by atoms with Crippen LogP contribution in [0.1, 0.15) is 20.7 Å². The van der Waals surface area contributed by atoms with Crippen LogP contribution in [0.3, 0.4) is 0 Å². The van der Waals surface area contributed by atoms with Gasteiger partial charge in [-0.2, -0.15) is 8.42 Å². The minimum atomic E-state index is -4.65. The SMILES string of the molecule is O=C(Nc1c(OC(=O)c2ccccc2)cc(S(=O)(=O)O)c2ccccc12)c1ccccc1. The van der Waals surface area contributed by atoms with Crippen LogP contribution in [0.2, 0.25) is 0 Å². The van der Waals surface area contributed by atoms with Crippen molar-refractivity contribution in [2.24, 2.45) is 0 Å². The van der Waals surface area contributed by atoms with Crippen LogP contribution in [0.4, 0.5) is 5.69 Å². The molecule has 0 bridgehead atoms. The van der Waals surface area contributed by atoms with E-state index in [1.165, 1.54) is 18.2 Å². The van der Waals surface area contributed by atoms with Crippen LogP contribution in [0.5, 0.6) is 5.75 Å². The summed E-state index contributed by atoms with van der Waals surface area (Å²) in [7, 11) is -4.65. The van der Waals surface area contributed by atoms with Crippen LogP contribution < -0.4 is 10.1 Å². The first kappa shape index (κ1) is 21.2. The van der Waals surface area contributed by atoms with E-state index in [0.717, 1.165) is 6.07 Å². The normalized spacial score (nSPS) is 11.2. The maximum Gasteiger partial charge on any atom is 0.343 e. The highest BCUT2D eigenvalue weighted by molar-refractivity contribution is 7.86. The molecular weight excluding hydrogens is 430 g/mol. The highest BCUT2D eigenvalue weighted by Gasteiger charge is 2.23. The number of hydrogen-bond acceptors (Lipinski definition) is 5. The Morgan fingerprint density at radius 3 is 1.88 bits per heavy atom. The summed E-state index contributed by atoms with van der Waals surface area (Å²) in [5.74, 6) is -1.45. The maximum absolute atomic E-state index is 12.8. The molecule has 0 unspecified atom stereocenters. The van der Waals surface area contributed by atoms with Crippen molar-refractivity contribution in [1.82, 2.24) is 0 Å². The molecule has 0 saturated heterocycles. The van der Waals surface area contributed by atoms with Crippen LogP contribution in [-0.2, 0) is 10.1 Å². The average Bonchev–Trinajstić information content (AvgIpc) is 2.80. The lowest BCUT2D eigenvalue weighted by molar-refractivity contribution is 0.0734. The zero-order chi connectivity index (χ0) is 22.7. The Labute approximate surface area is 184 Å². The van der Waals surface area contributed by atoms with E-state index in [1.807, 2.05) is 0 Å². The van der Waals surface area contributed by atoms with Gasteiger partial charge in [0.15, 0.2) is 5.75 Å². The predicted molar refractivity (Wildman–Crippen MR) is 120 cm³/mol. The molecule has 8 heteroatoms. The van der Waals surface area contributed by atoms with Crippen molar-refractivity contribution < 1.29 is 27.3 Å². The Kier molecular flexibility index (Phi) is 5.72. The van der Waals surface area contributed by atoms with E-state index in [4.69, 9.17) is 4.74 Å². The Bertz CT molecular complexity index is 1420. The Morgan fingerprint density at radius 1 is 0.750 bits per heavy atom. The molecule has 7 nitrogen and oxygen atoms in total. The molecule has 0 saturated carbocycles. The summed E-state index contributed by atoms with van der Waals surface area (Å²) < 4.78 is 39.3. The van der Waals surface area contributed by atoms with Gasteiger partial charge in [0, 0.05) is 22.4 Å². The smallest absolute Gasteiger partial charge is 0.343 e. The van der Waals surface area contributed by atoms with E-state index in [-0.39, 0.29) is 27.8 Å². The molecule has 4 rings (SSSR count). The molecule has 0 aromatic heterocycles. The number of benzene rings is 4. The van der Waals surface area contributed by atoms with Crippen LogP contribution in [0.15, 0.2) is 95.9 Å². The molecule has 4 aromatic carbocycles. The molecule has 0 aliphatic heterocycles. The highest BCUT2D eigenvalue weighted by atomic mass is 32.2. The number of amides is 1. The maximum atomic E-state index is 12.8. The molecule has 0 aliphatic carbocycles. The monoisotopic (exact) mass is 447 g/mol. The van der Waals surface area contributed by atoms with Crippen LogP contribution >= 0.6 is 0 Å². The van der Waals surface area contributed by atoms with Gasteiger partial charge in [-0.15, -0.1) is 0 Å². The zero-order valence-electron chi connectivity index (χ0n) is 16.6. The number of ether oxygens (including phenoxy) is 1. The van der Waals surface area contributed by atoms with Crippen LogP contribution in [0, 0.1) is 0 Å². The fourth-order valence-corrected chi connectivity index (χ4v) is 3.96. The lowest BCUT2D eigenvalue weighted by Gasteiger charge is -2.16. The number of fused-ring (bicyclic) bond motifs is 1. The lowest BCUT2D eigenvalue weighted by Crippen LogP contribution is -2.16. The fourth-order valence-electron chi connectivity index (χ4n) is 3.25. The second-order valence-electron chi connectivity index (χ2n) is 6.84. The molecule has 0 heterocycles. The van der Waals surface area contributed by atoms with E-state index < -0.39 is 26.9 Å². The van der Waals surface area contributed by atoms with Gasteiger partial charge in [-0.3, -0.25) is 9.35 Å². The summed E-state index contributed by atoms with van der Waals surface area (Å²) >= 11 is 0. The van der Waals surface area contributed by atoms with Crippen molar-refractivity contribution in [3.05, 3.63) is 102 Å². The number of esters is 1. The van der Waals surface area contributed by atoms with Gasteiger partial charge in [-0.1, -0.05) is 60.7 Å². The predicted octanol–water partition coefficient (Wildman–Crippen LogP) is 4.56. The van der Waals surface area contributed by atoms with E-state index in [9.17, 15) is 22.6 Å². The van der Waals surface area contributed by atoms with Crippen molar-refractivity contribution in [3.63, 3.8) is 0 Å². The average molecular weight is 447 g/mol. The highest BCUT2D eigenvalue weighted by Crippen LogP contribution is 2.38. The fraction of sp³-hybridized carbons (Fsp3) is 0. The summed E-state index contributed by atoms with van der Waals surface area (Å²) in [4.78, 5) is 25.1. The Balaban J connectivity index is 1.88. The van der Waals surface area contributed by atoms with E-state index in [0.29, 0.717) is 5.56 Å². The second kappa shape index (κ2) is 8.62. The minimum absolute atomic E-state index is 0.103. The Hall–Kier alpha value is -4.01. The van der Waals surface area contributed by atoms with Crippen molar-refractivity contribution in [1.29, 1.82) is 0 Å². The molecule has 0 spiro atoms. The van der Waals surface area contributed by atoms with Gasteiger partial charge in [0.1, 0.15) is 4.90 Å². The third-order valence-electron chi connectivity index (χ3n) is 4.74. The van der Waals surface area contributed by atoms with Gasteiger partial charge in [-0.05, 0) is 24.3 Å². The van der Waals surface area contributed by atoms with Gasteiger partial charge in [-0.25, -0.2) is 4.79 Å². The summed E-state index contributed by atoms with van der Waals surface area (Å²) in [6, 6.07) is 23.8. The van der Waals surface area contributed by atoms with Gasteiger partial charge in [0.2, 0.25) is 0 Å². The van der Waals surface area contributed by atoms with Crippen LogP contribution in [-0.4, -0.2) is 24.8 Å². The van der Waals surface area contributed by atoms with E-state index in [1.54, 1.807) is 66.7 Å². The molecular formula is C24H17NO6S. The number of rotatable bonds is 5. The van der Waals surface area contributed by atoms with Crippen molar-refractivity contribution in [3.8, 4) is 5.75 Å². The molecule has 160 valence electrons. The molecule has 32 heavy (non-hydrogen) atoms. The van der Waals surface area contributed by atoms with E-state index >= 15 is 0 Å². The number of hydrogen-bond donors (Lipinski definition) is 2. The summed E-state index contributed by atoms with van der Waals surface area (Å²) in [5, 5.41) is 3.16. The van der Waals surface area contributed by atoms with E-state index in [2.05, 4.69) is 5.32 Å². The van der Waals surface area contributed by atoms with Crippen molar-refractivity contribution >= 4 is 38.5 Å². The first-order chi connectivity index (χ1) is 15.3.